The average Bonchev–Trinajstić information content (AvgIpc) is 3.46. The van der Waals surface area contributed by atoms with Gasteiger partial charge in [-0.3, -0.25) is 9.69 Å². The van der Waals surface area contributed by atoms with Crippen molar-refractivity contribution in [3.8, 4) is 0 Å². The van der Waals surface area contributed by atoms with Gasteiger partial charge in [-0.15, -0.1) is 0 Å². The van der Waals surface area contributed by atoms with E-state index in [1.54, 1.807) is 4.90 Å². The Kier molecular flexibility index (Phi) is 5.28. The number of hydrogen-bond donors (Lipinski definition) is 1. The molecule has 0 radical (unpaired) electrons. The molecule has 5 nitrogen and oxygen atoms in total. The molecular weight excluding hydrogens is 352 g/mol. The summed E-state index contributed by atoms with van der Waals surface area (Å²) in [6.07, 6.45) is 6.66. The van der Waals surface area contributed by atoms with Crippen LogP contribution in [0.2, 0.25) is 0 Å². The molecule has 2 saturated heterocycles. The standard InChI is InChI=1S/C23H30N2O3/c1-17(13-18-5-3-2-4-6-18)15-24-11-9-23(10-12-24)14-20(22(27)28)25(16-23)21(26)19-7-8-19/h2-6,13,19-20H,7-12,14-16H2,1H3,(H,27,28). The van der Waals surface area contributed by atoms with Crippen molar-refractivity contribution in [2.45, 2.75) is 45.1 Å². The first kappa shape index (κ1) is 19.2. The fourth-order valence-electron chi connectivity index (χ4n) is 4.85. The van der Waals surface area contributed by atoms with Gasteiger partial charge in [0.2, 0.25) is 5.91 Å². The highest BCUT2D eigenvalue weighted by Crippen LogP contribution is 2.45. The van der Waals surface area contributed by atoms with Crippen LogP contribution in [0, 0.1) is 11.3 Å². The van der Waals surface area contributed by atoms with E-state index < -0.39 is 12.0 Å². The number of piperidine rings is 1. The van der Waals surface area contributed by atoms with Crippen LogP contribution in [0.25, 0.3) is 6.08 Å². The zero-order chi connectivity index (χ0) is 19.7. The monoisotopic (exact) mass is 382 g/mol. The summed E-state index contributed by atoms with van der Waals surface area (Å²) in [6, 6.07) is 9.74. The number of rotatable bonds is 5. The van der Waals surface area contributed by atoms with Crippen molar-refractivity contribution in [3.05, 3.63) is 41.5 Å². The van der Waals surface area contributed by atoms with Gasteiger partial charge in [0.25, 0.3) is 0 Å². The predicted octanol–water partition coefficient (Wildman–Crippen LogP) is 3.27. The summed E-state index contributed by atoms with van der Waals surface area (Å²) in [5.74, 6) is -0.675. The van der Waals surface area contributed by atoms with E-state index in [2.05, 4.69) is 42.2 Å². The second-order valence-electron chi connectivity index (χ2n) is 8.98. The second-order valence-corrected chi connectivity index (χ2v) is 8.98. The van der Waals surface area contributed by atoms with Gasteiger partial charge in [-0.1, -0.05) is 42.0 Å². The van der Waals surface area contributed by atoms with Gasteiger partial charge in [-0.25, -0.2) is 4.79 Å². The number of hydrogen-bond acceptors (Lipinski definition) is 3. The SMILES string of the molecule is CC(=Cc1ccccc1)CN1CCC2(CC1)CC(C(=O)O)N(C(=O)C1CC1)C2. The molecule has 0 bridgehead atoms. The molecule has 1 atom stereocenters. The molecule has 1 aromatic rings. The number of carbonyl (C=O) groups is 2. The van der Waals surface area contributed by atoms with E-state index in [0.717, 1.165) is 45.3 Å². The molecule has 150 valence electrons. The van der Waals surface area contributed by atoms with Gasteiger partial charge in [0.15, 0.2) is 0 Å². The first-order chi connectivity index (χ1) is 13.5. The summed E-state index contributed by atoms with van der Waals surface area (Å²) in [7, 11) is 0. The van der Waals surface area contributed by atoms with Crippen LogP contribution >= 0.6 is 0 Å². The summed E-state index contributed by atoms with van der Waals surface area (Å²) in [6.45, 7) is 5.68. The van der Waals surface area contributed by atoms with Crippen molar-refractivity contribution in [2.24, 2.45) is 11.3 Å². The summed E-state index contributed by atoms with van der Waals surface area (Å²) >= 11 is 0. The molecule has 1 aromatic carbocycles. The molecule has 1 aliphatic carbocycles. The van der Waals surface area contributed by atoms with Crippen LogP contribution in [0.5, 0.6) is 0 Å². The molecule has 5 heteroatoms. The molecule has 1 amide bonds. The lowest BCUT2D eigenvalue weighted by atomic mass is 9.76. The van der Waals surface area contributed by atoms with E-state index in [1.807, 2.05) is 6.07 Å². The van der Waals surface area contributed by atoms with Crippen molar-refractivity contribution in [3.63, 3.8) is 0 Å². The van der Waals surface area contributed by atoms with Gasteiger partial charge in [-0.2, -0.15) is 0 Å². The third-order valence-corrected chi connectivity index (χ3v) is 6.61. The molecule has 4 rings (SSSR count). The van der Waals surface area contributed by atoms with Gasteiger partial charge in [-0.05, 0) is 63.1 Å². The zero-order valence-electron chi connectivity index (χ0n) is 16.6. The third-order valence-electron chi connectivity index (χ3n) is 6.61. The van der Waals surface area contributed by atoms with E-state index in [-0.39, 0.29) is 17.2 Å². The molecule has 2 aliphatic heterocycles. The van der Waals surface area contributed by atoms with Gasteiger partial charge in [0.05, 0.1) is 0 Å². The third kappa shape index (κ3) is 4.14. The fourth-order valence-corrected chi connectivity index (χ4v) is 4.85. The van der Waals surface area contributed by atoms with Crippen LogP contribution in [0.15, 0.2) is 35.9 Å². The van der Waals surface area contributed by atoms with Gasteiger partial charge in [0, 0.05) is 19.0 Å². The predicted molar refractivity (Wildman–Crippen MR) is 109 cm³/mol. The first-order valence-corrected chi connectivity index (χ1v) is 10.4. The molecule has 1 N–H and O–H groups in total. The van der Waals surface area contributed by atoms with Crippen LogP contribution in [0.3, 0.4) is 0 Å². The Balaban J connectivity index is 1.36. The number of amides is 1. The van der Waals surface area contributed by atoms with E-state index in [4.69, 9.17) is 0 Å². The molecule has 0 aromatic heterocycles. The highest BCUT2D eigenvalue weighted by Gasteiger charge is 2.51. The van der Waals surface area contributed by atoms with Crippen molar-refractivity contribution in [2.75, 3.05) is 26.2 Å². The maximum atomic E-state index is 12.6. The Morgan fingerprint density at radius 1 is 1.18 bits per heavy atom. The average molecular weight is 383 g/mol. The van der Waals surface area contributed by atoms with Gasteiger partial charge in [0.1, 0.15) is 6.04 Å². The van der Waals surface area contributed by atoms with Crippen molar-refractivity contribution < 1.29 is 14.7 Å². The molecule has 3 fully saturated rings. The Morgan fingerprint density at radius 3 is 2.46 bits per heavy atom. The Bertz CT molecular complexity index is 761. The zero-order valence-corrected chi connectivity index (χ0v) is 16.6. The lowest BCUT2D eigenvalue weighted by molar-refractivity contribution is -0.148. The number of benzene rings is 1. The van der Waals surface area contributed by atoms with Crippen molar-refractivity contribution >= 4 is 18.0 Å². The Hall–Kier alpha value is -2.14. The van der Waals surface area contributed by atoms with E-state index in [0.29, 0.717) is 13.0 Å². The summed E-state index contributed by atoms with van der Waals surface area (Å²) in [4.78, 5) is 28.5. The normalized spacial score (nSPS) is 25.2. The number of nitrogens with zero attached hydrogens (tertiary/aromatic N) is 2. The van der Waals surface area contributed by atoms with Crippen LogP contribution in [0.1, 0.15) is 44.6 Å². The molecular formula is C23H30N2O3. The summed E-state index contributed by atoms with van der Waals surface area (Å²) in [5.41, 5.74) is 2.55. The van der Waals surface area contributed by atoms with Crippen LogP contribution in [-0.4, -0.2) is 59.0 Å². The minimum atomic E-state index is -0.838. The maximum absolute atomic E-state index is 12.6. The molecule has 1 saturated carbocycles. The highest BCUT2D eigenvalue weighted by molar-refractivity contribution is 5.87. The summed E-state index contributed by atoms with van der Waals surface area (Å²) < 4.78 is 0. The molecule has 1 unspecified atom stereocenters. The van der Waals surface area contributed by atoms with Crippen LogP contribution in [-0.2, 0) is 9.59 Å². The Morgan fingerprint density at radius 2 is 1.86 bits per heavy atom. The topological polar surface area (TPSA) is 60.9 Å². The smallest absolute Gasteiger partial charge is 0.326 e. The molecule has 3 aliphatic rings. The largest absolute Gasteiger partial charge is 0.480 e. The van der Waals surface area contributed by atoms with E-state index in [1.165, 1.54) is 11.1 Å². The number of likely N-dealkylation sites (tertiary alicyclic amines) is 2. The second kappa shape index (κ2) is 7.70. The maximum Gasteiger partial charge on any atom is 0.326 e. The highest BCUT2D eigenvalue weighted by atomic mass is 16.4. The lowest BCUT2D eigenvalue weighted by Crippen LogP contribution is -2.43. The lowest BCUT2D eigenvalue weighted by Gasteiger charge is -2.39. The van der Waals surface area contributed by atoms with Crippen LogP contribution < -0.4 is 0 Å². The van der Waals surface area contributed by atoms with Gasteiger partial charge < -0.3 is 10.0 Å². The first-order valence-electron chi connectivity index (χ1n) is 10.4. The number of carbonyl (C=O) groups excluding carboxylic acids is 1. The summed E-state index contributed by atoms with van der Waals surface area (Å²) in [5, 5.41) is 9.65. The van der Waals surface area contributed by atoms with Gasteiger partial charge >= 0.3 is 5.97 Å². The minimum absolute atomic E-state index is 0.0127. The number of carboxylic acids is 1. The minimum Gasteiger partial charge on any atom is -0.480 e. The van der Waals surface area contributed by atoms with Crippen molar-refractivity contribution in [1.82, 2.24) is 9.80 Å². The van der Waals surface area contributed by atoms with E-state index >= 15 is 0 Å². The Labute approximate surface area is 167 Å². The van der Waals surface area contributed by atoms with Crippen molar-refractivity contribution in [1.29, 1.82) is 0 Å². The fraction of sp³-hybridized carbons (Fsp3) is 0.565. The molecule has 2 heterocycles. The molecule has 1 spiro atoms. The number of aliphatic carboxylic acids is 1. The molecule has 28 heavy (non-hydrogen) atoms. The van der Waals surface area contributed by atoms with E-state index in [9.17, 15) is 14.7 Å². The quantitative estimate of drug-likeness (QED) is 0.849. The number of carboxylic acid groups (broad SMARTS) is 1. The van der Waals surface area contributed by atoms with Crippen LogP contribution in [0.4, 0.5) is 0 Å².